The van der Waals surface area contributed by atoms with Gasteiger partial charge in [0, 0.05) is 37.3 Å². The number of ether oxygens (including phenoxy) is 1. The summed E-state index contributed by atoms with van der Waals surface area (Å²) in [5.41, 5.74) is 3.44. The smallest absolute Gasteiger partial charge is 0.147 e. The van der Waals surface area contributed by atoms with Gasteiger partial charge in [-0.05, 0) is 50.0 Å². The number of benzene rings is 1. The van der Waals surface area contributed by atoms with E-state index < -0.39 is 17.6 Å². The average Bonchev–Trinajstić information content (AvgIpc) is 3.49. The van der Waals surface area contributed by atoms with Gasteiger partial charge in [0.15, 0.2) is 0 Å². The minimum atomic E-state index is -0.637. The highest BCUT2D eigenvalue weighted by atomic mass is 35.5. The van der Waals surface area contributed by atoms with E-state index in [1.807, 2.05) is 20.0 Å². The van der Waals surface area contributed by atoms with Crippen molar-refractivity contribution in [2.45, 2.75) is 32.1 Å². The van der Waals surface area contributed by atoms with Crippen LogP contribution in [0.15, 0.2) is 77.6 Å². The van der Waals surface area contributed by atoms with Gasteiger partial charge in [0.05, 0.1) is 23.7 Å². The molecule has 0 aliphatic heterocycles. The molecular formula is C27H29Cl2F2N5O. The molecule has 1 atom stereocenters. The molecule has 1 aromatic carbocycles. The molecule has 0 amide bonds. The van der Waals surface area contributed by atoms with Gasteiger partial charge in [-0.1, -0.05) is 41.9 Å². The number of hydrogen-bond donors (Lipinski definition) is 1. The highest BCUT2D eigenvalue weighted by Gasteiger charge is 2.31. The maximum Gasteiger partial charge on any atom is 0.147 e. The number of likely N-dealkylation sites (N-methyl/N-ethyl adjacent to an activating group) is 1. The molecule has 0 spiro atoms. The molecule has 0 fully saturated rings. The second-order valence-corrected chi connectivity index (χ2v) is 8.95. The predicted octanol–water partition coefficient (Wildman–Crippen LogP) is 7.16. The van der Waals surface area contributed by atoms with Crippen LogP contribution >= 0.6 is 23.2 Å². The molecular weight excluding hydrogens is 519 g/mol. The summed E-state index contributed by atoms with van der Waals surface area (Å²) in [4.78, 5) is 10.1. The number of nitrogens with zero attached hydrogens (tertiary/aromatic N) is 4. The van der Waals surface area contributed by atoms with E-state index in [1.165, 1.54) is 12.1 Å². The van der Waals surface area contributed by atoms with Crippen molar-refractivity contribution < 1.29 is 13.5 Å². The van der Waals surface area contributed by atoms with Gasteiger partial charge < -0.3 is 14.2 Å². The van der Waals surface area contributed by atoms with Crippen molar-refractivity contribution in [1.82, 2.24) is 14.5 Å². The second kappa shape index (κ2) is 13.4. The molecule has 0 bridgehead atoms. The molecule has 1 aliphatic rings. The molecule has 0 saturated heterocycles. The summed E-state index contributed by atoms with van der Waals surface area (Å²) in [7, 11) is 1.82. The van der Waals surface area contributed by atoms with Crippen molar-refractivity contribution >= 4 is 40.4 Å². The Labute approximate surface area is 225 Å². The number of halogens is 4. The Bertz CT molecular complexity index is 1270. The Balaban J connectivity index is 1.65. The molecule has 1 unspecified atom stereocenters. The fraction of sp³-hybridized carbons (Fsp3) is 0.296. The van der Waals surface area contributed by atoms with Crippen molar-refractivity contribution in [2.75, 3.05) is 20.2 Å². The van der Waals surface area contributed by atoms with E-state index in [2.05, 4.69) is 16.6 Å². The van der Waals surface area contributed by atoms with Crippen molar-refractivity contribution in [2.24, 2.45) is 4.99 Å². The van der Waals surface area contributed by atoms with E-state index in [4.69, 9.17) is 33.3 Å². The maximum absolute atomic E-state index is 14.5. The molecule has 1 aliphatic carbocycles. The van der Waals surface area contributed by atoms with E-state index in [1.54, 1.807) is 34.1 Å². The quantitative estimate of drug-likeness (QED) is 0.107. The number of rotatable bonds is 11. The van der Waals surface area contributed by atoms with Crippen LogP contribution in [0.3, 0.4) is 0 Å². The van der Waals surface area contributed by atoms with Crippen LogP contribution in [0.5, 0.6) is 0 Å². The number of nitrogens with one attached hydrogen (secondary N) is 1. The number of imidazole rings is 1. The van der Waals surface area contributed by atoms with Gasteiger partial charge in [-0.3, -0.25) is 5.41 Å². The Kier molecular flexibility index (Phi) is 10.2. The summed E-state index contributed by atoms with van der Waals surface area (Å²) < 4.78 is 35.6. The number of amidine groups is 1. The van der Waals surface area contributed by atoms with Crippen LogP contribution < -0.4 is 0 Å². The summed E-state index contributed by atoms with van der Waals surface area (Å²) in [6, 6.07) is 3.52. The van der Waals surface area contributed by atoms with Crippen molar-refractivity contribution in [3.05, 3.63) is 94.9 Å². The van der Waals surface area contributed by atoms with Crippen molar-refractivity contribution in [1.29, 1.82) is 5.41 Å². The third-order valence-electron chi connectivity index (χ3n) is 6.03. The van der Waals surface area contributed by atoms with Gasteiger partial charge in [0.25, 0.3) is 0 Å². The van der Waals surface area contributed by atoms with E-state index in [-0.39, 0.29) is 5.84 Å². The van der Waals surface area contributed by atoms with Crippen LogP contribution in [0.4, 0.5) is 8.78 Å². The van der Waals surface area contributed by atoms with Crippen LogP contribution in [0.2, 0.25) is 5.15 Å². The summed E-state index contributed by atoms with van der Waals surface area (Å²) >= 11 is 11.7. The molecule has 196 valence electrons. The highest BCUT2D eigenvalue weighted by molar-refractivity contribution is 6.56. The number of aromatic nitrogens is 2. The monoisotopic (exact) mass is 547 g/mol. The normalized spacial score (nSPS) is 16.5. The van der Waals surface area contributed by atoms with Gasteiger partial charge in [-0.15, -0.1) is 0 Å². The summed E-state index contributed by atoms with van der Waals surface area (Å²) in [5, 5.41) is 9.11. The zero-order valence-electron chi connectivity index (χ0n) is 20.7. The standard InChI is InChI=1S/C27H29Cl2F2N5O/c1-4-7-23(36-15-25(29)34-17-36)24(5-2)37-13-6-12-35(3)27(32)21-11-10-20(26(21)33-16-28)19-9-8-18(30)14-22(19)31/h4-5,7-9,14-17,20,32H,1,6,10-13H2,2-3H3/b23-7+,24-5+,32-27?,33-16?. The first-order chi connectivity index (χ1) is 17.8. The lowest BCUT2D eigenvalue weighted by molar-refractivity contribution is 0.213. The SMILES string of the molecule is C=C/C=C(\C(=C/C)OCCCN(C)C(=N)C1=C(N=CCl)C(c2ccc(F)cc2F)CC1)n1cnc(Cl)c1. The predicted molar refractivity (Wildman–Crippen MR) is 146 cm³/mol. The van der Waals surface area contributed by atoms with Crippen LogP contribution in [0, 0.1) is 17.0 Å². The first kappa shape index (κ1) is 28.3. The average molecular weight is 548 g/mol. The lowest BCUT2D eigenvalue weighted by atomic mass is 9.95. The van der Waals surface area contributed by atoms with E-state index in [0.29, 0.717) is 60.2 Å². The first-order valence-corrected chi connectivity index (χ1v) is 12.5. The zero-order valence-corrected chi connectivity index (χ0v) is 22.2. The minimum absolute atomic E-state index is 0.286. The third-order valence-corrected chi connectivity index (χ3v) is 6.32. The largest absolute Gasteiger partial charge is 0.492 e. The Morgan fingerprint density at radius 2 is 2.19 bits per heavy atom. The first-order valence-electron chi connectivity index (χ1n) is 11.7. The fourth-order valence-electron chi connectivity index (χ4n) is 4.28. The molecule has 37 heavy (non-hydrogen) atoms. The Morgan fingerprint density at radius 1 is 1.41 bits per heavy atom. The van der Waals surface area contributed by atoms with Crippen LogP contribution in [0.25, 0.3) is 5.70 Å². The van der Waals surface area contributed by atoms with E-state index in [9.17, 15) is 8.78 Å². The van der Waals surface area contributed by atoms with E-state index in [0.717, 1.165) is 17.4 Å². The highest BCUT2D eigenvalue weighted by Crippen LogP contribution is 2.42. The molecule has 0 radical (unpaired) electrons. The third kappa shape index (κ3) is 6.96. The Hall–Kier alpha value is -3.23. The van der Waals surface area contributed by atoms with Crippen LogP contribution in [-0.4, -0.2) is 46.2 Å². The van der Waals surface area contributed by atoms with E-state index >= 15 is 0 Å². The molecule has 10 heteroatoms. The summed E-state index contributed by atoms with van der Waals surface area (Å²) in [6.45, 7) is 6.59. The molecule has 2 aromatic rings. The molecule has 1 aromatic heterocycles. The fourth-order valence-corrected chi connectivity index (χ4v) is 4.53. The number of hydrogen-bond acceptors (Lipinski definition) is 4. The lowest BCUT2D eigenvalue weighted by Crippen LogP contribution is -2.29. The minimum Gasteiger partial charge on any atom is -0.492 e. The molecule has 1 heterocycles. The number of aliphatic imine (C=N–C) groups is 1. The van der Waals surface area contributed by atoms with Crippen LogP contribution in [-0.2, 0) is 4.74 Å². The van der Waals surface area contributed by atoms with Gasteiger partial charge in [-0.25, -0.2) is 18.8 Å². The Morgan fingerprint density at radius 3 is 2.81 bits per heavy atom. The topological polar surface area (TPSA) is 66.5 Å². The molecule has 3 rings (SSSR count). The molecule has 6 nitrogen and oxygen atoms in total. The summed E-state index contributed by atoms with van der Waals surface area (Å²) in [6.07, 6.45) is 10.3. The maximum atomic E-state index is 14.5. The van der Waals surface area contributed by atoms with Gasteiger partial charge in [-0.2, -0.15) is 0 Å². The van der Waals surface area contributed by atoms with Crippen molar-refractivity contribution in [3.8, 4) is 0 Å². The van der Waals surface area contributed by atoms with Gasteiger partial charge in [0.2, 0.25) is 0 Å². The van der Waals surface area contributed by atoms with Gasteiger partial charge >= 0.3 is 0 Å². The summed E-state index contributed by atoms with van der Waals surface area (Å²) in [5.74, 6) is -0.732. The number of allylic oxidation sites excluding steroid dienone is 5. The van der Waals surface area contributed by atoms with Crippen LogP contribution in [0.1, 0.15) is 37.7 Å². The molecule has 1 N–H and O–H groups in total. The second-order valence-electron chi connectivity index (χ2n) is 8.36. The lowest BCUT2D eigenvalue weighted by Gasteiger charge is -2.22. The zero-order chi connectivity index (χ0) is 26.9. The van der Waals surface area contributed by atoms with Gasteiger partial charge in [0.1, 0.15) is 34.7 Å². The van der Waals surface area contributed by atoms with Crippen molar-refractivity contribution in [3.63, 3.8) is 0 Å². The molecule has 0 saturated carbocycles.